The molecule has 3 nitrogen and oxygen atoms in total. The Hall–Kier alpha value is -1.35. The molecule has 2 unspecified atom stereocenters. The molecule has 2 atom stereocenters. The van der Waals surface area contributed by atoms with Crippen molar-refractivity contribution in [1.29, 1.82) is 0 Å². The van der Waals surface area contributed by atoms with Crippen LogP contribution in [0.1, 0.15) is 44.8 Å². The van der Waals surface area contributed by atoms with Gasteiger partial charge in [0.05, 0.1) is 6.04 Å². The first-order valence-corrected chi connectivity index (χ1v) is 7.76. The van der Waals surface area contributed by atoms with Crippen LogP contribution in [-0.4, -0.2) is 23.4 Å². The van der Waals surface area contributed by atoms with Gasteiger partial charge < -0.3 is 4.90 Å². The maximum Gasteiger partial charge on any atom is 0.241 e. The molecule has 0 bridgehead atoms. The van der Waals surface area contributed by atoms with Crippen LogP contribution in [-0.2, 0) is 4.79 Å². The average molecular weight is 272 g/mol. The van der Waals surface area contributed by atoms with Gasteiger partial charge in [-0.05, 0) is 36.7 Å². The fraction of sp³-hybridized carbons (Fsp3) is 0.588. The van der Waals surface area contributed by atoms with Crippen LogP contribution in [0.2, 0.25) is 0 Å². The van der Waals surface area contributed by atoms with Crippen molar-refractivity contribution in [2.75, 3.05) is 6.54 Å². The molecule has 1 N–H and O–H groups in total. The molecule has 1 aliphatic carbocycles. The summed E-state index contributed by atoms with van der Waals surface area (Å²) in [6.45, 7) is 5.27. The van der Waals surface area contributed by atoms with E-state index in [0.717, 1.165) is 18.9 Å². The van der Waals surface area contributed by atoms with Crippen LogP contribution < -0.4 is 5.32 Å². The molecule has 3 rings (SSSR count). The van der Waals surface area contributed by atoms with Crippen molar-refractivity contribution in [1.82, 2.24) is 10.2 Å². The molecule has 2 fully saturated rings. The summed E-state index contributed by atoms with van der Waals surface area (Å²) in [5.41, 5.74) is 1.20. The second-order valence-corrected chi connectivity index (χ2v) is 6.60. The molecule has 1 heterocycles. The molecular weight excluding hydrogens is 248 g/mol. The minimum absolute atomic E-state index is 0.0149. The van der Waals surface area contributed by atoms with Gasteiger partial charge in [0.25, 0.3) is 0 Å². The highest BCUT2D eigenvalue weighted by Gasteiger charge is 2.41. The highest BCUT2D eigenvalue weighted by Crippen LogP contribution is 2.35. The Kier molecular flexibility index (Phi) is 3.79. The number of carbonyl (C=O) groups excluding carboxylic acids is 1. The van der Waals surface area contributed by atoms with Gasteiger partial charge in [-0.15, -0.1) is 0 Å². The van der Waals surface area contributed by atoms with E-state index in [4.69, 9.17) is 0 Å². The van der Waals surface area contributed by atoms with Crippen molar-refractivity contribution in [3.63, 3.8) is 0 Å². The summed E-state index contributed by atoms with van der Waals surface area (Å²) in [6.07, 6.45) is 3.54. The second-order valence-electron chi connectivity index (χ2n) is 6.60. The zero-order valence-electron chi connectivity index (χ0n) is 12.4. The van der Waals surface area contributed by atoms with Crippen molar-refractivity contribution in [2.24, 2.45) is 11.8 Å². The number of rotatable bonds is 5. The number of hydrogen-bond acceptors (Lipinski definition) is 2. The molecule has 1 saturated carbocycles. The Labute approximate surface area is 121 Å². The van der Waals surface area contributed by atoms with Gasteiger partial charge >= 0.3 is 0 Å². The molecule has 20 heavy (non-hydrogen) atoms. The Balaban J connectivity index is 1.80. The van der Waals surface area contributed by atoms with E-state index < -0.39 is 0 Å². The standard InChI is InChI=1S/C17H24N2O/c1-12(2)10-15-17(20)19(11-13-8-9-13)16(18-15)14-6-4-3-5-7-14/h3-7,12-13,15-16,18H,8-11H2,1-2H3. The molecule has 1 saturated heterocycles. The molecule has 108 valence electrons. The molecule has 2 aliphatic rings. The van der Waals surface area contributed by atoms with E-state index in [9.17, 15) is 4.79 Å². The summed E-state index contributed by atoms with van der Waals surface area (Å²) in [7, 11) is 0. The quantitative estimate of drug-likeness (QED) is 0.894. The van der Waals surface area contributed by atoms with Gasteiger partial charge in [-0.3, -0.25) is 10.1 Å². The minimum atomic E-state index is -0.0149. The lowest BCUT2D eigenvalue weighted by Gasteiger charge is -2.24. The molecule has 1 aromatic carbocycles. The zero-order valence-corrected chi connectivity index (χ0v) is 12.4. The van der Waals surface area contributed by atoms with E-state index in [0.29, 0.717) is 11.8 Å². The number of hydrogen-bond donors (Lipinski definition) is 1. The van der Waals surface area contributed by atoms with Gasteiger partial charge in [0.1, 0.15) is 6.17 Å². The number of nitrogens with one attached hydrogen (secondary N) is 1. The molecule has 1 aromatic rings. The topological polar surface area (TPSA) is 32.3 Å². The minimum Gasteiger partial charge on any atom is -0.321 e. The predicted molar refractivity (Wildman–Crippen MR) is 80.0 cm³/mol. The monoisotopic (exact) mass is 272 g/mol. The smallest absolute Gasteiger partial charge is 0.241 e. The lowest BCUT2D eigenvalue weighted by Crippen LogP contribution is -2.33. The Bertz CT molecular complexity index is 467. The largest absolute Gasteiger partial charge is 0.321 e. The zero-order chi connectivity index (χ0) is 14.1. The van der Waals surface area contributed by atoms with Gasteiger partial charge in [-0.25, -0.2) is 0 Å². The third-order valence-electron chi connectivity index (χ3n) is 4.23. The molecular formula is C17H24N2O. The Morgan fingerprint density at radius 1 is 1.25 bits per heavy atom. The molecule has 1 amide bonds. The van der Waals surface area contributed by atoms with Crippen molar-refractivity contribution in [2.45, 2.75) is 45.3 Å². The molecule has 0 aromatic heterocycles. The van der Waals surface area contributed by atoms with E-state index >= 15 is 0 Å². The number of nitrogens with zero attached hydrogens (tertiary/aromatic N) is 1. The van der Waals surface area contributed by atoms with Crippen LogP contribution in [0, 0.1) is 11.8 Å². The van der Waals surface area contributed by atoms with Crippen molar-refractivity contribution >= 4 is 5.91 Å². The lowest BCUT2D eigenvalue weighted by molar-refractivity contribution is -0.130. The fourth-order valence-corrected chi connectivity index (χ4v) is 3.00. The number of amides is 1. The first-order valence-electron chi connectivity index (χ1n) is 7.76. The van der Waals surface area contributed by atoms with Gasteiger partial charge in [0, 0.05) is 6.54 Å². The van der Waals surface area contributed by atoms with Crippen molar-refractivity contribution < 1.29 is 4.79 Å². The Morgan fingerprint density at radius 2 is 1.95 bits per heavy atom. The van der Waals surface area contributed by atoms with Gasteiger partial charge in [0.15, 0.2) is 0 Å². The maximum atomic E-state index is 12.7. The van der Waals surface area contributed by atoms with Crippen LogP contribution in [0.25, 0.3) is 0 Å². The third-order valence-corrected chi connectivity index (χ3v) is 4.23. The van der Waals surface area contributed by atoms with E-state index in [2.05, 4.69) is 36.2 Å². The van der Waals surface area contributed by atoms with E-state index in [-0.39, 0.29) is 12.2 Å². The second kappa shape index (κ2) is 5.57. The van der Waals surface area contributed by atoms with Crippen LogP contribution >= 0.6 is 0 Å². The van der Waals surface area contributed by atoms with Gasteiger partial charge in [0.2, 0.25) is 5.91 Å². The fourth-order valence-electron chi connectivity index (χ4n) is 3.00. The normalized spacial score (nSPS) is 26.6. The maximum absolute atomic E-state index is 12.7. The van der Waals surface area contributed by atoms with E-state index in [1.807, 2.05) is 18.2 Å². The summed E-state index contributed by atoms with van der Waals surface area (Å²) in [4.78, 5) is 14.7. The number of benzene rings is 1. The summed E-state index contributed by atoms with van der Waals surface area (Å²) in [5.74, 6) is 1.55. The summed E-state index contributed by atoms with van der Waals surface area (Å²) in [6, 6.07) is 10.3. The van der Waals surface area contributed by atoms with Crippen LogP contribution in [0.4, 0.5) is 0 Å². The summed E-state index contributed by atoms with van der Waals surface area (Å²) >= 11 is 0. The lowest BCUT2D eigenvalue weighted by atomic mass is 10.0. The van der Waals surface area contributed by atoms with Crippen LogP contribution in [0.3, 0.4) is 0 Å². The van der Waals surface area contributed by atoms with Crippen LogP contribution in [0.15, 0.2) is 30.3 Å². The van der Waals surface area contributed by atoms with Crippen LogP contribution in [0.5, 0.6) is 0 Å². The first kappa shape index (κ1) is 13.6. The predicted octanol–water partition coefficient (Wildman–Crippen LogP) is 2.94. The third kappa shape index (κ3) is 2.88. The summed E-state index contributed by atoms with van der Waals surface area (Å²) in [5, 5.41) is 3.55. The highest BCUT2D eigenvalue weighted by atomic mass is 16.2. The Morgan fingerprint density at radius 3 is 2.55 bits per heavy atom. The van der Waals surface area contributed by atoms with Gasteiger partial charge in [-0.2, -0.15) is 0 Å². The number of carbonyl (C=O) groups is 1. The molecule has 3 heteroatoms. The van der Waals surface area contributed by atoms with Crippen molar-refractivity contribution in [3.8, 4) is 0 Å². The van der Waals surface area contributed by atoms with Crippen molar-refractivity contribution in [3.05, 3.63) is 35.9 Å². The average Bonchev–Trinajstić information content (AvgIpc) is 3.20. The van der Waals surface area contributed by atoms with E-state index in [1.165, 1.54) is 18.4 Å². The SMILES string of the molecule is CC(C)CC1NC(c2ccccc2)N(CC2CC2)C1=O. The summed E-state index contributed by atoms with van der Waals surface area (Å²) < 4.78 is 0. The van der Waals surface area contributed by atoms with E-state index in [1.54, 1.807) is 0 Å². The molecule has 0 radical (unpaired) electrons. The first-order chi connectivity index (χ1) is 9.65. The molecule has 0 spiro atoms. The highest BCUT2D eigenvalue weighted by molar-refractivity contribution is 5.84. The van der Waals surface area contributed by atoms with Gasteiger partial charge in [-0.1, -0.05) is 44.2 Å². The molecule has 1 aliphatic heterocycles.